The van der Waals surface area contributed by atoms with Crippen LogP contribution in [0.15, 0.2) is 59.8 Å². The number of piperidine rings is 1. The zero-order valence-electron chi connectivity index (χ0n) is 20.0. The van der Waals surface area contributed by atoms with Crippen LogP contribution in [0.5, 0.6) is 0 Å². The van der Waals surface area contributed by atoms with Gasteiger partial charge in [-0.1, -0.05) is 48.5 Å². The minimum atomic E-state index is -0.289. The predicted octanol–water partition coefficient (Wildman–Crippen LogP) is 5.27. The summed E-state index contributed by atoms with van der Waals surface area (Å²) in [7, 11) is 1.83. The Kier molecular flexibility index (Phi) is 8.00. The molecule has 0 radical (unpaired) electrons. The number of carbonyl (C=O) groups excluding carboxylic acids is 1. The number of likely N-dealkylation sites (tertiary alicyclic amines) is 1. The van der Waals surface area contributed by atoms with Gasteiger partial charge in [0.25, 0.3) is 0 Å². The van der Waals surface area contributed by atoms with E-state index >= 15 is 0 Å². The lowest BCUT2D eigenvalue weighted by atomic mass is 10.1. The summed E-state index contributed by atoms with van der Waals surface area (Å²) in [6, 6.07) is 16.4. The van der Waals surface area contributed by atoms with Crippen molar-refractivity contribution >= 4 is 17.7 Å². The Morgan fingerprint density at radius 1 is 1.03 bits per heavy atom. The van der Waals surface area contributed by atoms with Crippen LogP contribution in [0.25, 0.3) is 5.69 Å². The van der Waals surface area contributed by atoms with Crippen molar-refractivity contribution in [2.45, 2.75) is 50.4 Å². The quantitative estimate of drug-likeness (QED) is 0.411. The molecule has 2 unspecified atom stereocenters. The summed E-state index contributed by atoms with van der Waals surface area (Å²) in [6.45, 7) is 6.22. The minimum absolute atomic E-state index is 0.0145. The molecule has 1 aromatic heterocycles. The first kappa shape index (κ1) is 24.4. The fourth-order valence-corrected chi connectivity index (χ4v) is 5.23. The van der Waals surface area contributed by atoms with Crippen molar-refractivity contribution in [3.8, 4) is 5.69 Å². The van der Waals surface area contributed by atoms with Crippen LogP contribution in [0.3, 0.4) is 0 Å². The number of carbonyl (C=O) groups is 1. The van der Waals surface area contributed by atoms with Gasteiger partial charge in [-0.15, -0.1) is 10.2 Å². The van der Waals surface area contributed by atoms with Gasteiger partial charge in [-0.05, 0) is 69.6 Å². The number of rotatable bonds is 8. The third-order valence-corrected chi connectivity index (χ3v) is 7.55. The Morgan fingerprint density at radius 3 is 2.38 bits per heavy atom. The van der Waals surface area contributed by atoms with Crippen molar-refractivity contribution in [2.24, 2.45) is 0 Å². The van der Waals surface area contributed by atoms with Crippen LogP contribution in [-0.2, 0) is 4.79 Å². The summed E-state index contributed by atoms with van der Waals surface area (Å²) >= 11 is 1.37. The summed E-state index contributed by atoms with van der Waals surface area (Å²) in [6.07, 6.45) is 3.61. The van der Waals surface area contributed by atoms with E-state index in [1.807, 2.05) is 48.9 Å². The number of hydrogen-bond donors (Lipinski definition) is 0. The fraction of sp³-hybridized carbons (Fsp3) is 0.423. The third-order valence-electron chi connectivity index (χ3n) is 6.64. The van der Waals surface area contributed by atoms with Crippen LogP contribution in [0, 0.1) is 5.82 Å². The smallest absolute Gasteiger partial charge is 0.233 e. The van der Waals surface area contributed by atoms with E-state index in [2.05, 4.69) is 22.0 Å². The summed E-state index contributed by atoms with van der Waals surface area (Å²) < 4.78 is 15.6. The van der Waals surface area contributed by atoms with Gasteiger partial charge in [0.05, 0.1) is 17.8 Å². The van der Waals surface area contributed by atoms with Gasteiger partial charge in [-0.3, -0.25) is 14.3 Å². The highest BCUT2D eigenvalue weighted by Gasteiger charge is 2.26. The van der Waals surface area contributed by atoms with E-state index in [0.29, 0.717) is 5.16 Å². The number of hydrogen-bond acceptors (Lipinski definition) is 5. The molecular formula is C26H32FN5OS. The van der Waals surface area contributed by atoms with Crippen LogP contribution in [0.2, 0.25) is 0 Å². The summed E-state index contributed by atoms with van der Waals surface area (Å²) in [5, 5.41) is 9.62. The fourth-order valence-electron chi connectivity index (χ4n) is 4.35. The average Bonchev–Trinajstić information content (AvgIpc) is 3.31. The van der Waals surface area contributed by atoms with Crippen LogP contribution in [0.4, 0.5) is 4.39 Å². The Morgan fingerprint density at radius 2 is 1.71 bits per heavy atom. The zero-order chi connectivity index (χ0) is 24.1. The molecule has 0 spiro atoms. The molecule has 1 aliphatic heterocycles. The second kappa shape index (κ2) is 11.1. The van der Waals surface area contributed by atoms with E-state index in [1.165, 1.54) is 43.2 Å². The maximum absolute atomic E-state index is 13.6. The van der Waals surface area contributed by atoms with E-state index in [9.17, 15) is 9.18 Å². The van der Waals surface area contributed by atoms with Gasteiger partial charge >= 0.3 is 0 Å². The minimum Gasteiger partial charge on any atom is -0.338 e. The zero-order valence-corrected chi connectivity index (χ0v) is 20.8. The second-order valence-electron chi connectivity index (χ2n) is 8.81. The molecule has 0 saturated carbocycles. The maximum atomic E-state index is 13.6. The molecule has 0 N–H and O–H groups in total. The van der Waals surface area contributed by atoms with Crippen LogP contribution < -0.4 is 0 Å². The standard InChI is InChI=1S/C26H32FN5OS/c1-19(21-10-6-4-7-11-21)30(3)24(33)18-34-26-29-28-25(20(2)31-16-8-5-9-17-31)32(26)23-14-12-22(27)13-15-23/h4,6-7,10-15,19-20H,5,8-9,16-18H2,1-3H3. The van der Waals surface area contributed by atoms with E-state index < -0.39 is 0 Å². The largest absolute Gasteiger partial charge is 0.338 e. The van der Waals surface area contributed by atoms with Crippen molar-refractivity contribution < 1.29 is 9.18 Å². The molecule has 2 atom stereocenters. The molecule has 2 heterocycles. The normalized spacial score (nSPS) is 16.2. The first-order valence-electron chi connectivity index (χ1n) is 11.8. The number of nitrogens with zero attached hydrogens (tertiary/aromatic N) is 5. The molecule has 0 aliphatic carbocycles. The molecule has 3 aromatic rings. The van der Waals surface area contributed by atoms with Gasteiger partial charge in [0.1, 0.15) is 5.82 Å². The van der Waals surface area contributed by atoms with Gasteiger partial charge in [0.15, 0.2) is 11.0 Å². The first-order chi connectivity index (χ1) is 16.5. The van der Waals surface area contributed by atoms with Crippen molar-refractivity contribution in [3.63, 3.8) is 0 Å². The SMILES string of the molecule is CC(c1nnc(SCC(=O)N(C)C(C)c2ccccc2)n1-c1ccc(F)cc1)N1CCCCC1. The maximum Gasteiger partial charge on any atom is 0.233 e. The highest BCUT2D eigenvalue weighted by Crippen LogP contribution is 2.30. The van der Waals surface area contributed by atoms with Crippen molar-refractivity contribution in [3.05, 3.63) is 71.8 Å². The van der Waals surface area contributed by atoms with E-state index in [-0.39, 0.29) is 29.6 Å². The second-order valence-corrected chi connectivity index (χ2v) is 9.75. The lowest BCUT2D eigenvalue weighted by Gasteiger charge is -2.31. The van der Waals surface area contributed by atoms with E-state index in [4.69, 9.17) is 0 Å². The Bertz CT molecular complexity index is 1080. The highest BCUT2D eigenvalue weighted by atomic mass is 32.2. The van der Waals surface area contributed by atoms with Crippen LogP contribution >= 0.6 is 11.8 Å². The van der Waals surface area contributed by atoms with Gasteiger partial charge < -0.3 is 4.90 Å². The van der Waals surface area contributed by atoms with Crippen LogP contribution in [-0.4, -0.2) is 56.4 Å². The summed E-state index contributed by atoms with van der Waals surface area (Å²) in [5.74, 6) is 0.781. The Labute approximate surface area is 205 Å². The predicted molar refractivity (Wildman–Crippen MR) is 134 cm³/mol. The number of halogens is 1. The van der Waals surface area contributed by atoms with E-state index in [1.54, 1.807) is 17.0 Å². The number of thioether (sulfide) groups is 1. The van der Waals surface area contributed by atoms with Crippen molar-refractivity contribution in [2.75, 3.05) is 25.9 Å². The number of amides is 1. The Balaban J connectivity index is 1.54. The molecule has 4 rings (SSSR count). The third kappa shape index (κ3) is 5.50. The van der Waals surface area contributed by atoms with Gasteiger partial charge in [0, 0.05) is 12.7 Å². The summed E-state index contributed by atoms with van der Waals surface area (Å²) in [5.41, 5.74) is 1.89. The molecule has 2 aromatic carbocycles. The molecule has 34 heavy (non-hydrogen) atoms. The van der Waals surface area contributed by atoms with Crippen molar-refractivity contribution in [1.29, 1.82) is 0 Å². The van der Waals surface area contributed by atoms with Gasteiger partial charge in [-0.2, -0.15) is 0 Å². The summed E-state index contributed by atoms with van der Waals surface area (Å²) in [4.78, 5) is 17.2. The molecule has 1 fully saturated rings. The van der Waals surface area contributed by atoms with Gasteiger partial charge in [0.2, 0.25) is 5.91 Å². The topological polar surface area (TPSA) is 54.3 Å². The molecule has 1 saturated heterocycles. The van der Waals surface area contributed by atoms with Crippen LogP contribution in [0.1, 0.15) is 56.6 Å². The Hall–Kier alpha value is -2.71. The first-order valence-corrected chi connectivity index (χ1v) is 12.8. The van der Waals surface area contributed by atoms with E-state index in [0.717, 1.165) is 30.2 Å². The lowest BCUT2D eigenvalue weighted by molar-refractivity contribution is -0.128. The highest BCUT2D eigenvalue weighted by molar-refractivity contribution is 7.99. The van der Waals surface area contributed by atoms with Crippen molar-refractivity contribution in [1.82, 2.24) is 24.6 Å². The van der Waals surface area contributed by atoms with Gasteiger partial charge in [-0.25, -0.2) is 4.39 Å². The molecule has 8 heteroatoms. The average molecular weight is 482 g/mol. The molecular weight excluding hydrogens is 449 g/mol. The lowest BCUT2D eigenvalue weighted by Crippen LogP contribution is -2.33. The monoisotopic (exact) mass is 481 g/mol. The molecule has 1 aliphatic rings. The molecule has 6 nitrogen and oxygen atoms in total. The molecule has 0 bridgehead atoms. The molecule has 1 amide bonds. The number of aromatic nitrogens is 3. The number of benzene rings is 2. The molecule has 180 valence electrons.